The van der Waals surface area contributed by atoms with Crippen LogP contribution in [0.15, 0.2) is 0 Å². The summed E-state index contributed by atoms with van der Waals surface area (Å²) in [5.74, 6) is 0.235. The molecule has 0 heterocycles. The summed E-state index contributed by atoms with van der Waals surface area (Å²) in [6, 6.07) is 0.548. The minimum Gasteiger partial charge on any atom is -0.393 e. The van der Waals surface area contributed by atoms with Crippen molar-refractivity contribution in [3.63, 3.8) is 0 Å². The molecule has 2 N–H and O–H groups in total. The summed E-state index contributed by atoms with van der Waals surface area (Å²) < 4.78 is 23.5. The van der Waals surface area contributed by atoms with Gasteiger partial charge in [-0.3, -0.25) is 4.90 Å². The highest BCUT2D eigenvalue weighted by Gasteiger charge is 2.29. The molecule has 6 heteroatoms. The number of nitrogens with two attached hydrogens (primary N) is 1. The van der Waals surface area contributed by atoms with Crippen LogP contribution in [0.5, 0.6) is 0 Å². The van der Waals surface area contributed by atoms with Crippen LogP contribution in [0.25, 0.3) is 0 Å². The Hall–Kier alpha value is -0.200. The summed E-state index contributed by atoms with van der Waals surface area (Å²) >= 11 is 4.85. The minimum absolute atomic E-state index is 0.235. The van der Waals surface area contributed by atoms with Crippen LogP contribution in [-0.2, 0) is 9.84 Å². The number of hydrogen-bond donors (Lipinski definition) is 1. The highest BCUT2D eigenvalue weighted by atomic mass is 32.2. The van der Waals surface area contributed by atoms with E-state index < -0.39 is 9.84 Å². The second-order valence-electron chi connectivity index (χ2n) is 4.90. The molecule has 1 rings (SSSR count). The fourth-order valence-electron chi connectivity index (χ4n) is 1.65. The zero-order valence-electron chi connectivity index (χ0n) is 10.6. The third kappa shape index (κ3) is 5.31. The molecule has 4 nitrogen and oxygen atoms in total. The second kappa shape index (κ2) is 6.11. The normalized spacial score (nSPS) is 16.7. The molecule has 1 fully saturated rings. The van der Waals surface area contributed by atoms with Gasteiger partial charge >= 0.3 is 0 Å². The van der Waals surface area contributed by atoms with E-state index in [0.29, 0.717) is 24.0 Å². The van der Waals surface area contributed by atoms with E-state index in [2.05, 4.69) is 4.90 Å². The third-order valence-corrected chi connectivity index (χ3v) is 5.48. The van der Waals surface area contributed by atoms with Gasteiger partial charge in [0.15, 0.2) is 9.84 Å². The second-order valence-corrected chi connectivity index (χ2v) is 8.10. The molecule has 1 aliphatic rings. The lowest BCUT2D eigenvalue weighted by molar-refractivity contribution is 0.287. The van der Waals surface area contributed by atoms with Gasteiger partial charge in [-0.2, -0.15) is 0 Å². The summed E-state index contributed by atoms with van der Waals surface area (Å²) in [6.45, 7) is 4.85. The number of hydrogen-bond acceptors (Lipinski definition) is 4. The Morgan fingerprint density at radius 1 is 1.41 bits per heavy atom. The predicted octanol–water partition coefficient (Wildman–Crippen LogP) is 0.950. The minimum atomic E-state index is -2.94. The molecule has 0 atom stereocenters. The van der Waals surface area contributed by atoms with Crippen LogP contribution in [-0.4, -0.2) is 48.4 Å². The lowest BCUT2D eigenvalue weighted by Gasteiger charge is -2.22. The maximum Gasteiger partial charge on any atom is 0.153 e. The van der Waals surface area contributed by atoms with Gasteiger partial charge in [0, 0.05) is 25.6 Å². The van der Waals surface area contributed by atoms with Gasteiger partial charge in [-0.15, -0.1) is 0 Å². The molecule has 0 spiro atoms. The zero-order chi connectivity index (χ0) is 13.1. The summed E-state index contributed by atoms with van der Waals surface area (Å²) in [6.07, 6.45) is 3.01. The standard InChI is InChI=1S/C11H22N2O2S2/c1-9(2)17(14,15)8-7-13(10-3-4-10)6-5-11(12)16/h9-10H,3-8H2,1-2H3,(H2,12,16). The number of sulfone groups is 1. The summed E-state index contributed by atoms with van der Waals surface area (Å²) in [5, 5.41) is -0.292. The van der Waals surface area contributed by atoms with Gasteiger partial charge in [0.1, 0.15) is 0 Å². The van der Waals surface area contributed by atoms with Crippen molar-refractivity contribution in [2.75, 3.05) is 18.8 Å². The van der Waals surface area contributed by atoms with E-state index in [1.807, 2.05) is 0 Å². The highest BCUT2D eigenvalue weighted by Crippen LogP contribution is 2.26. The molecule has 0 amide bonds. The van der Waals surface area contributed by atoms with E-state index in [1.165, 1.54) is 12.8 Å². The maximum absolute atomic E-state index is 11.7. The first-order chi connectivity index (χ1) is 7.83. The zero-order valence-corrected chi connectivity index (χ0v) is 12.2. The third-order valence-electron chi connectivity index (χ3n) is 3.09. The molecule has 0 aliphatic heterocycles. The fourth-order valence-corrected chi connectivity index (χ4v) is 2.70. The van der Waals surface area contributed by atoms with Crippen LogP contribution in [0.1, 0.15) is 33.1 Å². The fraction of sp³-hybridized carbons (Fsp3) is 0.909. The Morgan fingerprint density at radius 3 is 2.41 bits per heavy atom. The van der Waals surface area contributed by atoms with Crippen LogP contribution in [0, 0.1) is 0 Å². The maximum atomic E-state index is 11.7. The lowest BCUT2D eigenvalue weighted by Crippen LogP contribution is -2.35. The first-order valence-electron chi connectivity index (χ1n) is 6.07. The van der Waals surface area contributed by atoms with Crippen LogP contribution in [0.4, 0.5) is 0 Å². The van der Waals surface area contributed by atoms with E-state index in [0.717, 1.165) is 6.54 Å². The number of nitrogens with zero attached hydrogens (tertiary/aromatic N) is 1. The van der Waals surface area contributed by atoms with E-state index in [1.54, 1.807) is 13.8 Å². The molecule has 0 aromatic heterocycles. The van der Waals surface area contributed by atoms with E-state index in [4.69, 9.17) is 18.0 Å². The molecular formula is C11H22N2O2S2. The van der Waals surface area contributed by atoms with Crippen molar-refractivity contribution in [3.05, 3.63) is 0 Å². The van der Waals surface area contributed by atoms with Gasteiger partial charge in [-0.1, -0.05) is 12.2 Å². The van der Waals surface area contributed by atoms with Gasteiger partial charge in [0.05, 0.1) is 16.0 Å². The van der Waals surface area contributed by atoms with E-state index in [9.17, 15) is 8.42 Å². The summed E-state index contributed by atoms with van der Waals surface area (Å²) in [7, 11) is -2.94. The first-order valence-corrected chi connectivity index (χ1v) is 8.19. The monoisotopic (exact) mass is 278 g/mol. The van der Waals surface area contributed by atoms with Gasteiger partial charge < -0.3 is 5.73 Å². The topological polar surface area (TPSA) is 63.4 Å². The van der Waals surface area contributed by atoms with E-state index in [-0.39, 0.29) is 11.0 Å². The average Bonchev–Trinajstić information content (AvgIpc) is 3.00. The lowest BCUT2D eigenvalue weighted by atomic mass is 10.3. The Kier molecular flexibility index (Phi) is 5.34. The molecule has 0 unspecified atom stereocenters. The van der Waals surface area contributed by atoms with Crippen molar-refractivity contribution in [1.29, 1.82) is 0 Å². The van der Waals surface area contributed by atoms with E-state index >= 15 is 0 Å². The number of rotatable bonds is 8. The Bertz CT molecular complexity index is 362. The van der Waals surface area contributed by atoms with Crippen LogP contribution in [0.3, 0.4) is 0 Å². The molecule has 100 valence electrons. The Labute approximate surface area is 109 Å². The van der Waals surface area contributed by atoms with Crippen molar-refractivity contribution in [3.8, 4) is 0 Å². The molecule has 0 aromatic rings. The molecule has 1 aliphatic carbocycles. The van der Waals surface area contributed by atoms with Crippen molar-refractivity contribution in [1.82, 2.24) is 4.90 Å². The average molecular weight is 278 g/mol. The van der Waals surface area contributed by atoms with Crippen molar-refractivity contribution in [2.24, 2.45) is 5.73 Å². The first kappa shape index (κ1) is 14.9. The molecule has 1 saturated carbocycles. The van der Waals surface area contributed by atoms with Crippen LogP contribution in [0.2, 0.25) is 0 Å². The molecule has 0 aromatic carbocycles. The van der Waals surface area contributed by atoms with Gasteiger partial charge in [-0.05, 0) is 26.7 Å². The molecule has 0 saturated heterocycles. The van der Waals surface area contributed by atoms with Crippen molar-refractivity contribution in [2.45, 2.75) is 44.4 Å². The quantitative estimate of drug-likeness (QED) is 0.670. The van der Waals surface area contributed by atoms with Gasteiger partial charge in [0.25, 0.3) is 0 Å². The number of thiocarbonyl (C=S) groups is 1. The summed E-state index contributed by atoms with van der Waals surface area (Å²) in [5.41, 5.74) is 5.48. The van der Waals surface area contributed by atoms with Gasteiger partial charge in [-0.25, -0.2) is 8.42 Å². The Balaban J connectivity index is 2.42. The molecule has 0 radical (unpaired) electrons. The van der Waals surface area contributed by atoms with Gasteiger partial charge in [0.2, 0.25) is 0 Å². The summed E-state index contributed by atoms with van der Waals surface area (Å²) in [4.78, 5) is 2.71. The van der Waals surface area contributed by atoms with Crippen molar-refractivity contribution >= 4 is 27.0 Å². The molecular weight excluding hydrogens is 256 g/mol. The predicted molar refractivity (Wildman–Crippen MR) is 74.9 cm³/mol. The van der Waals surface area contributed by atoms with Crippen LogP contribution >= 0.6 is 12.2 Å². The van der Waals surface area contributed by atoms with Crippen LogP contribution < -0.4 is 5.73 Å². The largest absolute Gasteiger partial charge is 0.393 e. The Morgan fingerprint density at radius 2 is 2.00 bits per heavy atom. The van der Waals surface area contributed by atoms with Crippen molar-refractivity contribution < 1.29 is 8.42 Å². The molecule has 17 heavy (non-hydrogen) atoms. The SMILES string of the molecule is CC(C)S(=O)(=O)CCN(CCC(N)=S)C1CC1. The molecule has 0 bridgehead atoms. The highest BCUT2D eigenvalue weighted by molar-refractivity contribution is 7.92. The smallest absolute Gasteiger partial charge is 0.153 e.